The van der Waals surface area contributed by atoms with E-state index in [1.54, 1.807) is 30.7 Å². The normalized spacial score (nSPS) is 16.6. The fourth-order valence-electron chi connectivity index (χ4n) is 3.52. The predicted molar refractivity (Wildman–Crippen MR) is 106 cm³/mol. The summed E-state index contributed by atoms with van der Waals surface area (Å²) in [6.45, 7) is 3.42. The number of amides is 1. The Morgan fingerprint density at radius 3 is 2.86 bits per heavy atom. The standard InChI is InChI=1S/C21H22N6O/c1-15-5-2-9-23-20(15)25-19-13-16(8-11-22-19)17-6-4-12-27(14-17)21(28)18-7-3-10-24-26-18/h2-3,5,7-11,13,17H,4,6,12,14H2,1H3,(H,22,23,25)/t17-/m1/s1. The Bertz CT molecular complexity index is 962. The molecule has 1 atom stereocenters. The first-order chi connectivity index (χ1) is 13.7. The molecule has 0 spiro atoms. The van der Waals surface area contributed by atoms with E-state index in [4.69, 9.17) is 0 Å². The molecule has 1 aliphatic rings. The zero-order chi connectivity index (χ0) is 19.3. The zero-order valence-corrected chi connectivity index (χ0v) is 15.7. The van der Waals surface area contributed by atoms with Crippen LogP contribution in [0.1, 0.15) is 40.4 Å². The van der Waals surface area contributed by atoms with Gasteiger partial charge in [-0.15, -0.1) is 5.10 Å². The number of pyridine rings is 2. The van der Waals surface area contributed by atoms with Gasteiger partial charge < -0.3 is 10.2 Å². The van der Waals surface area contributed by atoms with Gasteiger partial charge in [0.05, 0.1) is 0 Å². The van der Waals surface area contributed by atoms with Crippen molar-refractivity contribution in [3.8, 4) is 0 Å². The van der Waals surface area contributed by atoms with E-state index in [2.05, 4.69) is 31.5 Å². The number of anilines is 2. The Hall–Kier alpha value is -3.35. The highest BCUT2D eigenvalue weighted by Gasteiger charge is 2.26. The number of hydrogen-bond acceptors (Lipinski definition) is 6. The average Bonchev–Trinajstić information content (AvgIpc) is 2.76. The maximum absolute atomic E-state index is 12.7. The first-order valence-electron chi connectivity index (χ1n) is 9.42. The molecular weight excluding hydrogens is 352 g/mol. The third-order valence-electron chi connectivity index (χ3n) is 5.01. The van der Waals surface area contributed by atoms with E-state index in [-0.39, 0.29) is 11.8 Å². The van der Waals surface area contributed by atoms with Crippen molar-refractivity contribution in [2.24, 2.45) is 0 Å². The van der Waals surface area contributed by atoms with Crippen LogP contribution in [0.4, 0.5) is 11.6 Å². The summed E-state index contributed by atoms with van der Waals surface area (Å²) in [6, 6.07) is 11.4. The van der Waals surface area contributed by atoms with Crippen LogP contribution in [0, 0.1) is 6.92 Å². The summed E-state index contributed by atoms with van der Waals surface area (Å²) in [5, 5.41) is 11.1. The molecule has 1 N–H and O–H groups in total. The van der Waals surface area contributed by atoms with E-state index in [1.165, 1.54) is 5.56 Å². The predicted octanol–water partition coefficient (Wildman–Crippen LogP) is 3.34. The fraction of sp³-hybridized carbons (Fsp3) is 0.286. The molecule has 7 nitrogen and oxygen atoms in total. The molecule has 0 unspecified atom stereocenters. The van der Waals surface area contributed by atoms with Gasteiger partial charge in [-0.05, 0) is 61.2 Å². The molecule has 4 rings (SSSR count). The number of nitrogens with zero attached hydrogens (tertiary/aromatic N) is 5. The minimum absolute atomic E-state index is 0.0608. The van der Waals surface area contributed by atoms with E-state index >= 15 is 0 Å². The number of hydrogen-bond donors (Lipinski definition) is 1. The maximum Gasteiger partial charge on any atom is 0.274 e. The molecule has 0 radical (unpaired) electrons. The SMILES string of the molecule is Cc1cccnc1Nc1cc([C@@H]2CCCN(C(=O)c3cccnn3)C2)ccn1. The van der Waals surface area contributed by atoms with Gasteiger partial charge in [0.1, 0.15) is 11.6 Å². The first kappa shape index (κ1) is 18.0. The molecule has 0 aromatic carbocycles. The van der Waals surface area contributed by atoms with Crippen molar-refractivity contribution < 1.29 is 4.79 Å². The molecule has 0 bridgehead atoms. The van der Waals surface area contributed by atoms with Gasteiger partial charge in [0.15, 0.2) is 5.69 Å². The van der Waals surface area contributed by atoms with Crippen LogP contribution in [0.3, 0.4) is 0 Å². The van der Waals surface area contributed by atoms with Gasteiger partial charge in [-0.25, -0.2) is 9.97 Å². The number of rotatable bonds is 4. The first-order valence-corrected chi connectivity index (χ1v) is 9.42. The lowest BCUT2D eigenvalue weighted by Crippen LogP contribution is -2.39. The van der Waals surface area contributed by atoms with Crippen LogP contribution in [-0.2, 0) is 0 Å². The molecule has 4 heterocycles. The molecule has 3 aromatic rings. The molecule has 3 aromatic heterocycles. The summed E-state index contributed by atoms with van der Waals surface area (Å²) in [7, 11) is 0. The van der Waals surface area contributed by atoms with Gasteiger partial charge in [0, 0.05) is 37.6 Å². The van der Waals surface area contributed by atoms with E-state index in [0.717, 1.165) is 36.6 Å². The second kappa shape index (κ2) is 8.12. The van der Waals surface area contributed by atoms with Crippen LogP contribution in [0.2, 0.25) is 0 Å². The number of carbonyl (C=O) groups is 1. The van der Waals surface area contributed by atoms with Gasteiger partial charge in [-0.1, -0.05) is 6.07 Å². The molecule has 142 valence electrons. The Morgan fingerprint density at radius 1 is 1.14 bits per heavy atom. The molecule has 1 amide bonds. The van der Waals surface area contributed by atoms with Gasteiger partial charge in [0.2, 0.25) is 0 Å². The van der Waals surface area contributed by atoms with Crippen LogP contribution >= 0.6 is 0 Å². The summed E-state index contributed by atoms with van der Waals surface area (Å²) < 4.78 is 0. The molecule has 1 saturated heterocycles. The number of aromatic nitrogens is 4. The van der Waals surface area contributed by atoms with Crippen molar-refractivity contribution in [3.05, 3.63) is 71.8 Å². The molecule has 1 aliphatic heterocycles. The highest BCUT2D eigenvalue weighted by molar-refractivity contribution is 5.92. The van der Waals surface area contributed by atoms with Crippen molar-refractivity contribution >= 4 is 17.5 Å². The summed E-state index contributed by atoms with van der Waals surface area (Å²) in [4.78, 5) is 23.4. The Labute approximate surface area is 163 Å². The topological polar surface area (TPSA) is 83.9 Å². The van der Waals surface area contributed by atoms with Crippen molar-refractivity contribution in [2.75, 3.05) is 18.4 Å². The third kappa shape index (κ3) is 3.98. The lowest BCUT2D eigenvalue weighted by molar-refractivity contribution is 0.0700. The Kier molecular flexibility index (Phi) is 5.23. The highest BCUT2D eigenvalue weighted by Crippen LogP contribution is 2.29. The summed E-state index contributed by atoms with van der Waals surface area (Å²) in [5.74, 6) is 1.77. The highest BCUT2D eigenvalue weighted by atomic mass is 16.2. The van der Waals surface area contributed by atoms with Gasteiger partial charge >= 0.3 is 0 Å². The van der Waals surface area contributed by atoms with Gasteiger partial charge in [0.25, 0.3) is 5.91 Å². The second-order valence-corrected chi connectivity index (χ2v) is 6.97. The molecule has 0 saturated carbocycles. The number of nitrogens with one attached hydrogen (secondary N) is 1. The molecular formula is C21H22N6O. The summed E-state index contributed by atoms with van der Waals surface area (Å²) in [5.41, 5.74) is 2.63. The Morgan fingerprint density at radius 2 is 2.04 bits per heavy atom. The number of aryl methyl sites for hydroxylation is 1. The summed E-state index contributed by atoms with van der Waals surface area (Å²) in [6.07, 6.45) is 7.14. The van der Waals surface area contributed by atoms with Crippen molar-refractivity contribution in [2.45, 2.75) is 25.7 Å². The molecule has 0 aliphatic carbocycles. The van der Waals surface area contributed by atoms with Crippen molar-refractivity contribution in [1.29, 1.82) is 0 Å². The largest absolute Gasteiger partial charge is 0.337 e. The van der Waals surface area contributed by atoms with E-state index in [1.807, 2.05) is 30.0 Å². The minimum Gasteiger partial charge on any atom is -0.337 e. The molecule has 7 heteroatoms. The number of likely N-dealkylation sites (tertiary alicyclic amines) is 1. The lowest BCUT2D eigenvalue weighted by atomic mass is 9.91. The van der Waals surface area contributed by atoms with Crippen LogP contribution in [0.15, 0.2) is 55.0 Å². The summed E-state index contributed by atoms with van der Waals surface area (Å²) >= 11 is 0. The monoisotopic (exact) mass is 374 g/mol. The number of carbonyl (C=O) groups excluding carboxylic acids is 1. The van der Waals surface area contributed by atoms with Crippen molar-refractivity contribution in [3.63, 3.8) is 0 Å². The van der Waals surface area contributed by atoms with Crippen molar-refractivity contribution in [1.82, 2.24) is 25.1 Å². The fourth-order valence-corrected chi connectivity index (χ4v) is 3.52. The van der Waals surface area contributed by atoms with E-state index < -0.39 is 0 Å². The molecule has 28 heavy (non-hydrogen) atoms. The van der Waals surface area contributed by atoms with E-state index in [9.17, 15) is 4.79 Å². The van der Waals surface area contributed by atoms with Crippen LogP contribution in [0.5, 0.6) is 0 Å². The lowest BCUT2D eigenvalue weighted by Gasteiger charge is -2.32. The quantitative estimate of drug-likeness (QED) is 0.754. The minimum atomic E-state index is -0.0608. The van der Waals surface area contributed by atoms with E-state index in [0.29, 0.717) is 12.2 Å². The van der Waals surface area contributed by atoms with Crippen LogP contribution < -0.4 is 5.32 Å². The van der Waals surface area contributed by atoms with Crippen LogP contribution in [0.25, 0.3) is 0 Å². The van der Waals surface area contributed by atoms with Gasteiger partial charge in [-0.3, -0.25) is 4.79 Å². The molecule has 1 fully saturated rings. The van der Waals surface area contributed by atoms with Gasteiger partial charge in [-0.2, -0.15) is 5.10 Å². The maximum atomic E-state index is 12.7. The average molecular weight is 374 g/mol. The van der Waals surface area contributed by atoms with Crippen LogP contribution in [-0.4, -0.2) is 44.1 Å². The zero-order valence-electron chi connectivity index (χ0n) is 15.7. The Balaban J connectivity index is 1.49. The number of piperidine rings is 1. The third-order valence-corrected chi connectivity index (χ3v) is 5.01. The smallest absolute Gasteiger partial charge is 0.274 e. The second-order valence-electron chi connectivity index (χ2n) is 6.97.